The highest BCUT2D eigenvalue weighted by Crippen LogP contribution is 2.10. The van der Waals surface area contributed by atoms with E-state index in [4.69, 9.17) is 24.4 Å². The van der Waals surface area contributed by atoms with E-state index in [1.54, 1.807) is 0 Å². The maximum atomic E-state index is 8.49. The van der Waals surface area contributed by atoms with Crippen LogP contribution in [0.1, 0.15) is 11.1 Å². The first-order valence-corrected chi connectivity index (χ1v) is 5.18. The first-order chi connectivity index (χ1) is 6.61. The van der Waals surface area contributed by atoms with Gasteiger partial charge < -0.3 is 5.73 Å². The zero-order chi connectivity index (χ0) is 12.2. The number of nitrogens with two attached hydrogens (primary N) is 1. The van der Waals surface area contributed by atoms with Gasteiger partial charge in [-0.2, -0.15) is 0 Å². The molecule has 0 aliphatic rings. The second kappa shape index (κ2) is 5.24. The zero-order valence-corrected chi connectivity index (χ0v) is 9.45. The van der Waals surface area contributed by atoms with E-state index in [-0.39, 0.29) is 0 Å². The predicted octanol–water partition coefficient (Wildman–Crippen LogP) is -4.05. The third-order valence-electron chi connectivity index (χ3n) is 1.64. The maximum absolute atomic E-state index is 8.49. The van der Waals surface area contributed by atoms with Gasteiger partial charge in [0.05, 0.1) is 0 Å². The quantitative estimate of drug-likeness (QED) is 0.460. The summed E-state index contributed by atoms with van der Waals surface area (Å²) in [5.74, 6) is 0. The highest BCUT2D eigenvalue weighted by molar-refractivity contribution is 5.48. The summed E-state index contributed by atoms with van der Waals surface area (Å²) in [6, 6.07) is 0. The van der Waals surface area contributed by atoms with Crippen molar-refractivity contribution in [1.82, 2.24) is 0 Å². The number of nitrogen functional groups attached to an aromatic ring is 1. The van der Waals surface area contributed by atoms with Crippen LogP contribution in [-0.4, -0.2) is 0 Å². The Morgan fingerprint density at radius 1 is 1.07 bits per heavy atom. The molecule has 1 heterocycles. The van der Waals surface area contributed by atoms with Gasteiger partial charge in [-0.15, -0.1) is 10.2 Å². The number of aromatic nitrogens is 1. The Labute approximate surface area is 89.9 Å². The Morgan fingerprint density at radius 3 is 1.60 bits per heavy atom. The summed E-state index contributed by atoms with van der Waals surface area (Å²) in [5, 5.41) is 0. The second-order valence-corrected chi connectivity index (χ2v) is 3.84. The standard InChI is InChI=1S/C8H12N2.ClHO4/c1-6-4-10(3)5-7(2)8(6)9;2-1(3,4)5/h4-5,9H,1-3H3;(H,2,3,4,5). The fourth-order valence-electron chi connectivity index (χ4n) is 1.10. The highest BCUT2D eigenvalue weighted by atomic mass is 35.7. The van der Waals surface area contributed by atoms with Crippen molar-refractivity contribution in [3.8, 4) is 0 Å². The van der Waals surface area contributed by atoms with Crippen LogP contribution in [0.5, 0.6) is 0 Å². The van der Waals surface area contributed by atoms with Crippen LogP contribution in [0.2, 0.25) is 0 Å². The molecule has 0 bridgehead atoms. The van der Waals surface area contributed by atoms with Gasteiger partial charge in [0.2, 0.25) is 0 Å². The Hall–Kier alpha value is -0.920. The summed E-state index contributed by atoms with van der Waals surface area (Å²) in [5.41, 5.74) is 8.92. The topological polar surface area (TPSA) is 122 Å². The van der Waals surface area contributed by atoms with Gasteiger partial charge in [-0.05, 0) is 13.8 Å². The third kappa shape index (κ3) is 7.06. The summed E-state index contributed by atoms with van der Waals surface area (Å²) in [7, 11) is -2.94. The number of hydrogen-bond acceptors (Lipinski definition) is 5. The van der Waals surface area contributed by atoms with E-state index in [2.05, 4.69) is 0 Å². The molecule has 0 aliphatic carbocycles. The van der Waals surface area contributed by atoms with Gasteiger partial charge in [0.1, 0.15) is 7.05 Å². The van der Waals surface area contributed by atoms with Gasteiger partial charge in [-0.25, -0.2) is 23.2 Å². The molecule has 15 heavy (non-hydrogen) atoms. The van der Waals surface area contributed by atoms with Crippen LogP contribution < -0.4 is 28.9 Å². The van der Waals surface area contributed by atoms with Crippen molar-refractivity contribution < 1.29 is 33.4 Å². The fourth-order valence-corrected chi connectivity index (χ4v) is 1.10. The molecule has 0 saturated carbocycles. The molecule has 0 radical (unpaired) electrons. The van der Waals surface area contributed by atoms with Crippen molar-refractivity contribution in [3.63, 3.8) is 0 Å². The van der Waals surface area contributed by atoms with Crippen LogP contribution in [0.3, 0.4) is 0 Å². The van der Waals surface area contributed by atoms with Crippen LogP contribution in [0.25, 0.3) is 0 Å². The Balaban J connectivity index is 0.000000336. The number of rotatable bonds is 0. The second-order valence-electron chi connectivity index (χ2n) is 3.08. The zero-order valence-electron chi connectivity index (χ0n) is 8.69. The molecule has 0 atom stereocenters. The number of pyridine rings is 1. The van der Waals surface area contributed by atoms with Crippen LogP contribution in [-0.2, 0) is 7.05 Å². The molecule has 0 fully saturated rings. The van der Waals surface area contributed by atoms with Gasteiger partial charge >= 0.3 is 0 Å². The summed E-state index contributed by atoms with van der Waals surface area (Å²) < 4.78 is 36.0. The Kier molecular flexibility index (Phi) is 4.92. The number of aryl methyl sites for hydroxylation is 3. The molecule has 86 valence electrons. The third-order valence-corrected chi connectivity index (χ3v) is 1.64. The van der Waals surface area contributed by atoms with E-state index in [0.29, 0.717) is 0 Å². The smallest absolute Gasteiger partial charge is 0.173 e. The summed E-state index contributed by atoms with van der Waals surface area (Å²) in [6.07, 6.45) is 4.03. The van der Waals surface area contributed by atoms with Gasteiger partial charge in [-0.3, -0.25) is 0 Å². The number of hydrogen-bond donors (Lipinski definition) is 1. The number of halogens is 1. The monoisotopic (exact) mass is 236 g/mol. The van der Waals surface area contributed by atoms with E-state index in [1.165, 1.54) is 0 Å². The molecule has 0 unspecified atom stereocenters. The lowest BCUT2D eigenvalue weighted by Gasteiger charge is -2.17. The van der Waals surface area contributed by atoms with Crippen LogP contribution in [0, 0.1) is 24.1 Å². The van der Waals surface area contributed by atoms with Crippen molar-refractivity contribution in [2.24, 2.45) is 7.05 Å². The van der Waals surface area contributed by atoms with Crippen LogP contribution in [0.15, 0.2) is 12.4 Å². The van der Waals surface area contributed by atoms with E-state index in [9.17, 15) is 0 Å². The van der Waals surface area contributed by atoms with Crippen molar-refractivity contribution >= 4 is 5.69 Å². The van der Waals surface area contributed by atoms with Crippen molar-refractivity contribution in [2.45, 2.75) is 13.8 Å². The largest absolute Gasteiger partial charge is 0.398 e. The molecular formula is C8H13ClN2O4. The molecule has 0 saturated heterocycles. The van der Waals surface area contributed by atoms with Crippen molar-refractivity contribution in [1.29, 1.82) is 0 Å². The Morgan fingerprint density at radius 2 is 1.33 bits per heavy atom. The molecule has 1 rings (SSSR count). The molecule has 0 aromatic carbocycles. The van der Waals surface area contributed by atoms with Crippen LogP contribution >= 0.6 is 0 Å². The summed E-state index contributed by atoms with van der Waals surface area (Å²) in [4.78, 5) is 0. The normalized spacial score (nSPS) is 10.6. The molecule has 2 N–H and O–H groups in total. The molecule has 1 aromatic heterocycles. The van der Waals surface area contributed by atoms with E-state index in [1.807, 2.05) is 37.9 Å². The van der Waals surface area contributed by atoms with Gasteiger partial charge in [0.25, 0.3) is 0 Å². The minimum absolute atomic E-state index is 0.901. The highest BCUT2D eigenvalue weighted by Gasteiger charge is 2.02. The molecule has 6 nitrogen and oxygen atoms in total. The summed E-state index contributed by atoms with van der Waals surface area (Å²) >= 11 is 0. The number of anilines is 1. The van der Waals surface area contributed by atoms with E-state index < -0.39 is 10.2 Å². The minimum atomic E-state index is -4.94. The predicted molar refractivity (Wildman–Crippen MR) is 41.5 cm³/mol. The van der Waals surface area contributed by atoms with Gasteiger partial charge in [0.15, 0.2) is 12.4 Å². The Bertz CT molecular complexity index is 309. The lowest BCUT2D eigenvalue weighted by molar-refractivity contribution is -2.00. The molecule has 0 aliphatic heterocycles. The van der Waals surface area contributed by atoms with Crippen molar-refractivity contribution in [3.05, 3.63) is 23.5 Å². The fraction of sp³-hybridized carbons (Fsp3) is 0.375. The molecule has 7 heteroatoms. The lowest BCUT2D eigenvalue weighted by atomic mass is 10.2. The first kappa shape index (κ1) is 14.1. The van der Waals surface area contributed by atoms with Crippen LogP contribution in [0.4, 0.5) is 5.69 Å². The van der Waals surface area contributed by atoms with Gasteiger partial charge in [0, 0.05) is 16.8 Å². The van der Waals surface area contributed by atoms with E-state index >= 15 is 0 Å². The summed E-state index contributed by atoms with van der Waals surface area (Å²) in [6.45, 7) is 4.03. The number of nitrogens with zero attached hydrogens (tertiary/aromatic N) is 1. The van der Waals surface area contributed by atoms with Crippen molar-refractivity contribution in [2.75, 3.05) is 5.73 Å². The van der Waals surface area contributed by atoms with Gasteiger partial charge in [-0.1, -0.05) is 0 Å². The first-order valence-electron chi connectivity index (χ1n) is 3.95. The molecule has 0 amide bonds. The van der Waals surface area contributed by atoms with E-state index in [0.717, 1.165) is 16.8 Å². The molecular weight excluding hydrogens is 224 g/mol. The average Bonchev–Trinajstić information content (AvgIpc) is 1.96. The minimum Gasteiger partial charge on any atom is -0.398 e. The molecule has 1 aromatic rings. The molecule has 0 spiro atoms. The average molecular weight is 237 g/mol. The lowest BCUT2D eigenvalue weighted by Crippen LogP contribution is -2.68. The SMILES string of the molecule is Cc1c[n+](C)cc(C)c1N.[O-][Cl+3]([O-])([O-])[O-]. The maximum Gasteiger partial charge on any atom is 0.173 e.